The molecule has 2 bridgehead atoms. The zero-order chi connectivity index (χ0) is 58.2. The number of nitrogens with zero attached hydrogens (tertiary/aromatic N) is 6. The Kier molecular flexibility index (Phi) is 19.3. The predicted molar refractivity (Wildman–Crippen MR) is 304 cm³/mol. The van der Waals surface area contributed by atoms with E-state index >= 15 is 24.0 Å². The van der Waals surface area contributed by atoms with Crippen molar-refractivity contribution in [1.29, 1.82) is 0 Å². The van der Waals surface area contributed by atoms with Crippen LogP contribution >= 0.6 is 0 Å². The van der Waals surface area contributed by atoms with Gasteiger partial charge in [0.15, 0.2) is 0 Å². The number of rotatable bonds is 13. The minimum Gasteiger partial charge on any atom is -0.467 e. The summed E-state index contributed by atoms with van der Waals surface area (Å²) in [4.78, 5) is 118. The topological polar surface area (TPSA) is 217 Å². The first-order chi connectivity index (χ1) is 38.0. The normalized spacial score (nSPS) is 23.0. The van der Waals surface area contributed by atoms with Crippen molar-refractivity contribution in [2.45, 2.75) is 141 Å². The molecule has 0 saturated carbocycles. The number of hydrogen-bond donors (Lipinski definition) is 4. The predicted octanol–water partition coefficient (Wildman–Crippen LogP) is 5.95. The number of nitrogens with one attached hydrogen (secondary N) is 4. The summed E-state index contributed by atoms with van der Waals surface area (Å²) in [6, 6.07) is 9.92. The number of allylic oxidation sites excluding steroid dienone is 1. The van der Waals surface area contributed by atoms with E-state index in [0.717, 1.165) is 10.9 Å². The highest BCUT2D eigenvalue weighted by Gasteiger charge is 2.41. The molecule has 0 aliphatic carbocycles. The molecule has 5 aromatic rings. The van der Waals surface area contributed by atoms with Gasteiger partial charge in [-0.3, -0.25) is 33.6 Å². The number of aromatic nitrogens is 3. The SMILES string of the molecule is C=CC(C)(C)n1cc(C[C@@H]2NC(=O)[C@H](Cc3ccc(F)cc3)NC(=O)[C@H](CC(C)C)N3CC/C=C\C[C@@H](C3=O)N(C)C(=O)[C@H](C)NC(=O)[C@H](Cc3ccc4nc(OC)ncc4c3)NC(=O)[C@H](CC(C)C)N(C)C2=O)c2ccccc21. The minimum absolute atomic E-state index is 0.0687. The van der Waals surface area contributed by atoms with Crippen molar-refractivity contribution in [2.75, 3.05) is 27.7 Å². The number of halogens is 1. The molecule has 80 heavy (non-hydrogen) atoms. The number of fused-ring (bicyclic) bond motifs is 4. The Balaban J connectivity index is 1.38. The van der Waals surface area contributed by atoms with Crippen LogP contribution in [-0.2, 0) is 58.4 Å². The number of methoxy groups -OCH3 is 1. The van der Waals surface area contributed by atoms with Gasteiger partial charge in [-0.25, -0.2) is 9.37 Å². The van der Waals surface area contributed by atoms with Gasteiger partial charge >= 0.3 is 6.01 Å². The molecule has 2 aromatic heterocycles. The van der Waals surface area contributed by atoms with Crippen molar-refractivity contribution in [2.24, 2.45) is 11.8 Å². The Morgan fingerprint density at radius 2 is 1.35 bits per heavy atom. The highest BCUT2D eigenvalue weighted by atomic mass is 19.1. The van der Waals surface area contributed by atoms with Crippen LogP contribution in [0.3, 0.4) is 0 Å². The molecule has 1 fully saturated rings. The van der Waals surface area contributed by atoms with E-state index in [9.17, 15) is 14.0 Å². The summed E-state index contributed by atoms with van der Waals surface area (Å²) in [6.45, 7) is 17.3. The summed E-state index contributed by atoms with van der Waals surface area (Å²) < 4.78 is 21.7. The lowest BCUT2D eigenvalue weighted by molar-refractivity contribution is -0.150. The van der Waals surface area contributed by atoms with Crippen LogP contribution in [0.4, 0.5) is 4.39 Å². The quantitative estimate of drug-likeness (QED) is 0.102. The summed E-state index contributed by atoms with van der Waals surface area (Å²) in [5.74, 6) is -5.36. The first-order valence-electron chi connectivity index (χ1n) is 27.5. The highest BCUT2D eigenvalue weighted by Crippen LogP contribution is 2.30. The number of amides is 7. The fourth-order valence-corrected chi connectivity index (χ4v) is 10.6. The molecule has 4 N–H and O–H groups in total. The van der Waals surface area contributed by atoms with Gasteiger partial charge in [0.05, 0.1) is 18.2 Å². The second-order valence-corrected chi connectivity index (χ2v) is 22.5. The summed E-state index contributed by atoms with van der Waals surface area (Å²) in [5.41, 5.74) is 2.64. The van der Waals surface area contributed by atoms with Crippen molar-refractivity contribution < 1.29 is 42.7 Å². The third-order valence-corrected chi connectivity index (χ3v) is 15.2. The maximum Gasteiger partial charge on any atom is 0.316 e. The van der Waals surface area contributed by atoms with Gasteiger partial charge in [-0.15, -0.1) is 6.58 Å². The number of benzene rings is 3. The Morgan fingerprint density at radius 1 is 0.738 bits per heavy atom. The molecule has 2 aliphatic heterocycles. The third-order valence-electron chi connectivity index (χ3n) is 15.2. The average molecular weight is 1100 g/mol. The maximum absolute atomic E-state index is 15.6. The number of carbonyl (C=O) groups is 7. The molecule has 7 rings (SSSR count). The van der Waals surface area contributed by atoms with Gasteiger partial charge in [0, 0.05) is 68.6 Å². The van der Waals surface area contributed by atoms with E-state index in [1.807, 2.05) is 94.8 Å². The van der Waals surface area contributed by atoms with Gasteiger partial charge in [0.25, 0.3) is 0 Å². The number of carbonyl (C=O) groups excluding carboxylic acids is 7. The molecule has 3 aromatic carbocycles. The largest absolute Gasteiger partial charge is 0.467 e. The number of ether oxygens (including phenoxy) is 1. The number of para-hydroxylation sites is 1. The van der Waals surface area contributed by atoms with Crippen molar-refractivity contribution in [1.82, 2.24) is 50.5 Å². The Hall–Kier alpha value is -7.96. The lowest BCUT2D eigenvalue weighted by Gasteiger charge is -2.38. The van der Waals surface area contributed by atoms with Crippen LogP contribution < -0.4 is 26.0 Å². The molecule has 19 heteroatoms. The van der Waals surface area contributed by atoms with Crippen LogP contribution in [0.2, 0.25) is 0 Å². The number of hydrogen-bond acceptors (Lipinski definition) is 10. The Bertz CT molecular complexity index is 3140. The van der Waals surface area contributed by atoms with E-state index in [2.05, 4.69) is 37.8 Å². The zero-order valence-corrected chi connectivity index (χ0v) is 47.6. The van der Waals surface area contributed by atoms with Crippen molar-refractivity contribution in [3.63, 3.8) is 0 Å². The van der Waals surface area contributed by atoms with Crippen LogP contribution in [-0.4, -0.2) is 141 Å². The van der Waals surface area contributed by atoms with Gasteiger partial charge in [0.2, 0.25) is 41.4 Å². The van der Waals surface area contributed by atoms with Crippen LogP contribution in [0.1, 0.15) is 90.8 Å². The monoisotopic (exact) mass is 1100 g/mol. The molecule has 2 aliphatic rings. The van der Waals surface area contributed by atoms with Crippen LogP contribution in [0.15, 0.2) is 104 Å². The molecule has 7 atom stereocenters. The minimum atomic E-state index is -1.37. The van der Waals surface area contributed by atoms with Gasteiger partial charge < -0.3 is 45.3 Å². The molecular weight excluding hydrogens is 1020 g/mol. The van der Waals surface area contributed by atoms with Crippen LogP contribution in [0, 0.1) is 17.7 Å². The lowest BCUT2D eigenvalue weighted by atomic mass is 9.97. The van der Waals surface area contributed by atoms with Crippen molar-refractivity contribution in [3.8, 4) is 6.01 Å². The summed E-state index contributed by atoms with van der Waals surface area (Å²) >= 11 is 0. The van der Waals surface area contributed by atoms with E-state index in [0.29, 0.717) is 34.0 Å². The number of likely N-dealkylation sites (N-methyl/N-ethyl adjacent to an activating group) is 2. The van der Waals surface area contributed by atoms with E-state index in [4.69, 9.17) is 4.74 Å². The molecule has 0 radical (unpaired) electrons. The van der Waals surface area contributed by atoms with E-state index in [1.54, 1.807) is 24.4 Å². The third kappa shape index (κ3) is 14.1. The lowest BCUT2D eigenvalue weighted by Crippen LogP contribution is -2.61. The first kappa shape index (κ1) is 59.7. The molecule has 0 spiro atoms. The zero-order valence-electron chi connectivity index (χ0n) is 47.6. The summed E-state index contributed by atoms with van der Waals surface area (Å²) in [6.07, 6.45) is 9.53. The molecule has 426 valence electrons. The molecule has 18 nitrogen and oxygen atoms in total. The standard InChI is InChI=1S/C61H77FN10O8/c1-12-61(7,8)72-35-42(44-18-15-16-19-49(44)72)33-48-58(78)70(10)51(28-36(2)3)55(75)65-47(32-40-23-26-45-41(30-40)34-63-60(68-45)80-11)53(73)64-38(6)57(77)69(9)50-20-14-13-17-27-71(59(50)79)52(29-37(4)5)56(76)66-46(54(74)67-48)31-39-21-24-43(62)25-22-39/h12-16,18-19,21-26,30,34-38,46-48,50-52H,1,17,20,27-29,31-33H2,2-11H3,(H,64,73)(H,65,75)(H,66,76)(H,67,74)/b14-13-/t38-,46-,47-,48-,50-,51-,52-/m0/s1. The first-order valence-corrected chi connectivity index (χ1v) is 27.5. The van der Waals surface area contributed by atoms with Crippen molar-refractivity contribution >= 4 is 63.2 Å². The van der Waals surface area contributed by atoms with Crippen LogP contribution in [0.5, 0.6) is 6.01 Å². The molecule has 4 heterocycles. The smallest absolute Gasteiger partial charge is 0.316 e. The van der Waals surface area contributed by atoms with Gasteiger partial charge in [0.1, 0.15) is 48.1 Å². The Labute approximate surface area is 467 Å². The van der Waals surface area contributed by atoms with Crippen LogP contribution in [0.25, 0.3) is 21.8 Å². The van der Waals surface area contributed by atoms with E-state index in [1.165, 1.54) is 67.1 Å². The molecule has 0 unspecified atom stereocenters. The second-order valence-electron chi connectivity index (χ2n) is 22.5. The molecule has 1 saturated heterocycles. The van der Waals surface area contributed by atoms with Crippen molar-refractivity contribution in [3.05, 3.63) is 126 Å². The van der Waals surface area contributed by atoms with E-state index < -0.39 is 95.0 Å². The fraction of sp³-hybridized carbons (Fsp3) is 0.459. The maximum atomic E-state index is 15.6. The average Bonchev–Trinajstić information content (AvgIpc) is 3.80. The molecular formula is C61H77FN10O8. The van der Waals surface area contributed by atoms with Gasteiger partial charge in [-0.1, -0.05) is 82.3 Å². The highest BCUT2D eigenvalue weighted by molar-refractivity contribution is 5.99. The van der Waals surface area contributed by atoms with Gasteiger partial charge in [-0.2, -0.15) is 4.98 Å². The fourth-order valence-electron chi connectivity index (χ4n) is 10.6. The summed E-state index contributed by atoms with van der Waals surface area (Å²) in [7, 11) is 4.41. The Morgan fingerprint density at radius 3 is 2.01 bits per heavy atom. The second kappa shape index (κ2) is 25.9. The van der Waals surface area contributed by atoms with Gasteiger partial charge in [-0.05, 0) is 105 Å². The van der Waals surface area contributed by atoms with E-state index in [-0.39, 0.29) is 62.9 Å². The summed E-state index contributed by atoms with van der Waals surface area (Å²) in [5, 5.41) is 13.2. The molecule has 7 amide bonds.